The minimum absolute atomic E-state index is 0.400. The first-order chi connectivity index (χ1) is 10.6. The van der Waals surface area contributed by atoms with Gasteiger partial charge in [0.25, 0.3) is 5.91 Å². The topological polar surface area (TPSA) is 75.6 Å². The van der Waals surface area contributed by atoms with E-state index in [1.165, 1.54) is 7.11 Å². The van der Waals surface area contributed by atoms with Crippen LogP contribution in [0.3, 0.4) is 0 Å². The van der Waals surface area contributed by atoms with Crippen LogP contribution >= 0.6 is 0 Å². The van der Waals surface area contributed by atoms with Crippen LogP contribution in [-0.2, 0) is 9.53 Å². The van der Waals surface area contributed by atoms with Crippen molar-refractivity contribution in [2.45, 2.75) is 12.1 Å². The molecule has 5 heteroatoms. The minimum atomic E-state index is -1.19. The van der Waals surface area contributed by atoms with Gasteiger partial charge in [-0.25, -0.2) is 4.79 Å². The van der Waals surface area contributed by atoms with Crippen LogP contribution in [0.4, 0.5) is 0 Å². The maximum absolute atomic E-state index is 12.2. The van der Waals surface area contributed by atoms with Gasteiger partial charge in [0.05, 0.1) is 7.11 Å². The Bertz CT molecular complexity index is 628. The summed E-state index contributed by atoms with van der Waals surface area (Å²) in [4.78, 5) is 24.1. The fourth-order valence-electron chi connectivity index (χ4n) is 2.05. The van der Waals surface area contributed by atoms with E-state index in [2.05, 4.69) is 10.1 Å². The summed E-state index contributed by atoms with van der Waals surface area (Å²) in [6.45, 7) is 0. The number of ether oxygens (including phenoxy) is 1. The zero-order valence-corrected chi connectivity index (χ0v) is 12.1. The molecule has 2 rings (SSSR count). The fraction of sp³-hybridized carbons (Fsp3) is 0.176. The number of aliphatic hydroxyl groups excluding tert-OH is 1. The molecule has 114 valence electrons. The number of aliphatic hydroxyl groups is 1. The molecule has 0 spiro atoms. The molecule has 2 N–H and O–H groups in total. The zero-order valence-electron chi connectivity index (χ0n) is 12.1. The van der Waals surface area contributed by atoms with Crippen molar-refractivity contribution < 1.29 is 19.4 Å². The first kappa shape index (κ1) is 15.7. The number of nitrogens with one attached hydrogen (secondary N) is 1. The summed E-state index contributed by atoms with van der Waals surface area (Å²) in [5, 5.41) is 12.9. The van der Waals surface area contributed by atoms with Gasteiger partial charge in [0.15, 0.2) is 6.04 Å². The van der Waals surface area contributed by atoms with Crippen LogP contribution in [0.1, 0.15) is 22.0 Å². The first-order valence-electron chi connectivity index (χ1n) is 6.80. The van der Waals surface area contributed by atoms with E-state index >= 15 is 0 Å². The van der Waals surface area contributed by atoms with E-state index in [1.807, 2.05) is 0 Å². The summed E-state index contributed by atoms with van der Waals surface area (Å²) >= 11 is 0. The molecule has 0 heterocycles. The average molecular weight is 299 g/mol. The van der Waals surface area contributed by atoms with Crippen molar-refractivity contribution in [3.8, 4) is 0 Å². The summed E-state index contributed by atoms with van der Waals surface area (Å²) < 4.78 is 4.68. The van der Waals surface area contributed by atoms with Gasteiger partial charge in [0.1, 0.15) is 6.10 Å². The van der Waals surface area contributed by atoms with Gasteiger partial charge in [0, 0.05) is 5.56 Å². The molecule has 0 aliphatic heterocycles. The third kappa shape index (κ3) is 3.71. The monoisotopic (exact) mass is 299 g/mol. The van der Waals surface area contributed by atoms with Gasteiger partial charge in [-0.3, -0.25) is 4.79 Å². The van der Waals surface area contributed by atoms with Gasteiger partial charge in [0.2, 0.25) is 0 Å². The Morgan fingerprint density at radius 1 is 1.00 bits per heavy atom. The van der Waals surface area contributed by atoms with Crippen LogP contribution in [0.2, 0.25) is 0 Å². The van der Waals surface area contributed by atoms with Gasteiger partial charge in [-0.2, -0.15) is 0 Å². The lowest BCUT2D eigenvalue weighted by Crippen LogP contribution is -2.45. The number of carbonyl (C=O) groups is 2. The first-order valence-corrected chi connectivity index (χ1v) is 6.80. The average Bonchev–Trinajstić information content (AvgIpc) is 2.59. The molecule has 2 aromatic carbocycles. The molecule has 0 fully saturated rings. The highest BCUT2D eigenvalue weighted by atomic mass is 16.5. The van der Waals surface area contributed by atoms with Crippen LogP contribution in [-0.4, -0.2) is 30.1 Å². The Morgan fingerprint density at radius 2 is 1.55 bits per heavy atom. The number of benzene rings is 2. The number of carbonyl (C=O) groups excluding carboxylic acids is 2. The third-order valence-corrected chi connectivity index (χ3v) is 3.23. The summed E-state index contributed by atoms with van der Waals surface area (Å²) in [6.07, 6.45) is -1.19. The van der Waals surface area contributed by atoms with E-state index in [9.17, 15) is 14.7 Å². The predicted molar refractivity (Wildman–Crippen MR) is 81.1 cm³/mol. The van der Waals surface area contributed by atoms with Crippen LogP contribution in [0, 0.1) is 0 Å². The second-order valence-corrected chi connectivity index (χ2v) is 4.70. The van der Waals surface area contributed by atoms with Crippen molar-refractivity contribution in [2.24, 2.45) is 0 Å². The van der Waals surface area contributed by atoms with E-state index in [0.717, 1.165) is 0 Å². The van der Waals surface area contributed by atoms with E-state index in [1.54, 1.807) is 60.7 Å². The molecule has 0 saturated carbocycles. The van der Waals surface area contributed by atoms with Gasteiger partial charge < -0.3 is 15.2 Å². The number of amides is 1. The molecule has 2 atom stereocenters. The van der Waals surface area contributed by atoms with Crippen molar-refractivity contribution in [3.63, 3.8) is 0 Å². The van der Waals surface area contributed by atoms with E-state index in [-0.39, 0.29) is 0 Å². The lowest BCUT2D eigenvalue weighted by atomic mass is 10.0. The van der Waals surface area contributed by atoms with Crippen molar-refractivity contribution in [1.29, 1.82) is 0 Å². The third-order valence-electron chi connectivity index (χ3n) is 3.23. The highest BCUT2D eigenvalue weighted by Gasteiger charge is 2.30. The van der Waals surface area contributed by atoms with Crippen molar-refractivity contribution >= 4 is 11.9 Å². The SMILES string of the molecule is COC(=O)[C@@H](NC(=O)c1ccccc1)[C@@H](O)c1ccccc1. The fourth-order valence-corrected chi connectivity index (χ4v) is 2.05. The Morgan fingerprint density at radius 3 is 2.09 bits per heavy atom. The summed E-state index contributed by atoms with van der Waals surface area (Å²) in [5.41, 5.74) is 0.919. The molecule has 0 aromatic heterocycles. The minimum Gasteiger partial charge on any atom is -0.467 e. The Hall–Kier alpha value is -2.66. The molecular formula is C17H17NO4. The molecule has 0 unspecified atom stereocenters. The Kier molecular flexibility index (Phi) is 5.27. The van der Waals surface area contributed by atoms with Crippen molar-refractivity contribution in [1.82, 2.24) is 5.32 Å². The van der Waals surface area contributed by atoms with Crippen LogP contribution in [0.25, 0.3) is 0 Å². The molecule has 0 bridgehead atoms. The number of rotatable bonds is 5. The van der Waals surface area contributed by atoms with Gasteiger partial charge in [-0.15, -0.1) is 0 Å². The van der Waals surface area contributed by atoms with E-state index in [4.69, 9.17) is 0 Å². The molecule has 5 nitrogen and oxygen atoms in total. The number of hydrogen-bond acceptors (Lipinski definition) is 4. The molecule has 0 radical (unpaired) electrons. The standard InChI is InChI=1S/C17H17NO4/c1-22-17(21)14(15(19)12-8-4-2-5-9-12)18-16(20)13-10-6-3-7-11-13/h2-11,14-15,19H,1H3,(H,18,20)/t14-,15-/m0/s1. The molecule has 0 aliphatic carbocycles. The zero-order chi connectivity index (χ0) is 15.9. The lowest BCUT2D eigenvalue weighted by molar-refractivity contribution is -0.146. The van der Waals surface area contributed by atoms with Crippen molar-refractivity contribution in [3.05, 3.63) is 71.8 Å². The van der Waals surface area contributed by atoms with Crippen LogP contribution < -0.4 is 5.32 Å². The summed E-state index contributed by atoms with van der Waals surface area (Å²) in [6, 6.07) is 15.9. The quantitative estimate of drug-likeness (QED) is 0.824. The number of esters is 1. The Labute approximate surface area is 128 Å². The highest BCUT2D eigenvalue weighted by molar-refractivity contribution is 5.96. The smallest absolute Gasteiger partial charge is 0.331 e. The summed E-state index contributed by atoms with van der Waals surface area (Å²) in [5.74, 6) is -1.16. The maximum atomic E-state index is 12.2. The largest absolute Gasteiger partial charge is 0.467 e. The van der Waals surface area contributed by atoms with Crippen molar-refractivity contribution in [2.75, 3.05) is 7.11 Å². The molecule has 22 heavy (non-hydrogen) atoms. The van der Waals surface area contributed by atoms with Crippen LogP contribution in [0.5, 0.6) is 0 Å². The van der Waals surface area contributed by atoms with Gasteiger partial charge in [-0.1, -0.05) is 48.5 Å². The Balaban J connectivity index is 2.20. The maximum Gasteiger partial charge on any atom is 0.331 e. The lowest BCUT2D eigenvalue weighted by Gasteiger charge is -2.22. The van der Waals surface area contributed by atoms with E-state index in [0.29, 0.717) is 11.1 Å². The number of hydrogen-bond donors (Lipinski definition) is 2. The van der Waals surface area contributed by atoms with E-state index < -0.39 is 24.0 Å². The normalized spacial score (nSPS) is 13.0. The summed E-state index contributed by atoms with van der Waals surface area (Å²) in [7, 11) is 1.21. The molecule has 0 aliphatic rings. The van der Waals surface area contributed by atoms with Gasteiger partial charge >= 0.3 is 5.97 Å². The second-order valence-electron chi connectivity index (χ2n) is 4.70. The molecular weight excluding hydrogens is 282 g/mol. The van der Waals surface area contributed by atoms with Gasteiger partial charge in [-0.05, 0) is 17.7 Å². The molecule has 2 aromatic rings. The number of methoxy groups -OCH3 is 1. The molecule has 0 saturated heterocycles. The predicted octanol–water partition coefficient (Wildman–Crippen LogP) is 1.69. The van der Waals surface area contributed by atoms with Crippen LogP contribution in [0.15, 0.2) is 60.7 Å². The highest BCUT2D eigenvalue weighted by Crippen LogP contribution is 2.18. The second kappa shape index (κ2) is 7.38. The molecule has 1 amide bonds.